The Hall–Kier alpha value is -0.870. The lowest BCUT2D eigenvalue weighted by molar-refractivity contribution is 0.0526. The summed E-state index contributed by atoms with van der Waals surface area (Å²) in [5.74, 6) is 0.408. The number of allylic oxidation sites excluding steroid dienone is 1. The zero-order valence-corrected chi connectivity index (χ0v) is 11.5. The monoisotopic (exact) mass is 252 g/mol. The van der Waals surface area contributed by atoms with E-state index in [1.54, 1.807) is 31.3 Å². The van der Waals surface area contributed by atoms with Crippen molar-refractivity contribution >= 4 is 11.8 Å². The van der Waals surface area contributed by atoms with Crippen LogP contribution in [0.3, 0.4) is 0 Å². The van der Waals surface area contributed by atoms with Crippen LogP contribution in [0.4, 0.5) is 0 Å². The summed E-state index contributed by atoms with van der Waals surface area (Å²) in [7, 11) is 1.75. The highest BCUT2D eigenvalue weighted by Crippen LogP contribution is 2.39. The van der Waals surface area contributed by atoms with Gasteiger partial charge in [0.15, 0.2) is 5.16 Å². The topological polar surface area (TPSA) is 35.0 Å². The van der Waals surface area contributed by atoms with Gasteiger partial charge in [-0.05, 0) is 24.8 Å². The fourth-order valence-electron chi connectivity index (χ4n) is 1.61. The minimum Gasteiger partial charge on any atom is -0.367 e. The van der Waals surface area contributed by atoms with E-state index in [0.29, 0.717) is 5.92 Å². The molecule has 0 fully saturated rings. The lowest BCUT2D eigenvalue weighted by Crippen LogP contribution is -2.28. The minimum atomic E-state index is -0.269. The van der Waals surface area contributed by atoms with Crippen molar-refractivity contribution in [3.63, 3.8) is 0 Å². The van der Waals surface area contributed by atoms with Crippen LogP contribution in [0, 0.1) is 5.92 Å². The first-order valence-corrected chi connectivity index (χ1v) is 6.61. The van der Waals surface area contributed by atoms with Crippen LogP contribution < -0.4 is 0 Å². The van der Waals surface area contributed by atoms with E-state index >= 15 is 0 Å². The Morgan fingerprint density at radius 3 is 2.65 bits per heavy atom. The van der Waals surface area contributed by atoms with Crippen LogP contribution in [-0.2, 0) is 4.74 Å². The zero-order valence-electron chi connectivity index (χ0n) is 10.7. The van der Waals surface area contributed by atoms with Crippen molar-refractivity contribution in [3.05, 3.63) is 31.1 Å². The van der Waals surface area contributed by atoms with Gasteiger partial charge in [0.25, 0.3) is 0 Å². The number of methoxy groups -OCH3 is 1. The molecule has 0 saturated heterocycles. The van der Waals surface area contributed by atoms with Crippen molar-refractivity contribution in [2.75, 3.05) is 7.11 Å². The van der Waals surface area contributed by atoms with Crippen molar-refractivity contribution in [3.8, 4) is 0 Å². The van der Waals surface area contributed by atoms with Crippen molar-refractivity contribution in [2.45, 2.75) is 36.8 Å². The standard InChI is InChI=1S/C13H20N2OS/c1-5-11(3)10-13(6-2,16-4)17-12-14-8-7-9-15-12/h5,7-9,11H,1,6,10H2,2-4H3/t11-,13+/m1/s1. The van der Waals surface area contributed by atoms with E-state index in [1.165, 1.54) is 0 Å². The third-order valence-electron chi connectivity index (χ3n) is 2.77. The summed E-state index contributed by atoms with van der Waals surface area (Å²) in [4.78, 5) is 8.21. The van der Waals surface area contributed by atoms with Gasteiger partial charge in [0.1, 0.15) is 4.93 Å². The minimum absolute atomic E-state index is 0.269. The molecule has 0 radical (unpaired) electrons. The summed E-state index contributed by atoms with van der Waals surface area (Å²) in [6.07, 6.45) is 7.28. The number of ether oxygens (including phenoxy) is 1. The Kier molecular flexibility index (Phi) is 5.65. The Morgan fingerprint density at radius 1 is 1.53 bits per heavy atom. The molecule has 2 atom stereocenters. The number of rotatable bonds is 7. The molecule has 0 aliphatic carbocycles. The van der Waals surface area contributed by atoms with Gasteiger partial charge >= 0.3 is 0 Å². The molecule has 0 amide bonds. The maximum atomic E-state index is 5.70. The van der Waals surface area contributed by atoms with Crippen molar-refractivity contribution in [1.82, 2.24) is 9.97 Å². The molecule has 0 saturated carbocycles. The molecular formula is C13H20N2OS. The SMILES string of the molecule is C=C[C@@H](C)C[C@@](CC)(OC)Sc1ncccn1. The average Bonchev–Trinajstić information content (AvgIpc) is 2.39. The molecule has 94 valence electrons. The third kappa shape index (κ3) is 4.13. The average molecular weight is 252 g/mol. The van der Waals surface area contributed by atoms with E-state index in [1.807, 2.05) is 12.1 Å². The first kappa shape index (κ1) is 14.2. The summed E-state index contributed by atoms with van der Waals surface area (Å²) < 4.78 is 5.70. The Labute approximate surface area is 108 Å². The van der Waals surface area contributed by atoms with E-state index in [-0.39, 0.29) is 4.93 Å². The maximum Gasteiger partial charge on any atom is 0.190 e. The second-order valence-electron chi connectivity index (χ2n) is 4.02. The molecule has 1 rings (SSSR count). The van der Waals surface area contributed by atoms with Gasteiger partial charge in [-0.2, -0.15) is 0 Å². The third-order valence-corrected chi connectivity index (χ3v) is 4.15. The quantitative estimate of drug-likeness (QED) is 0.322. The normalized spacial score (nSPS) is 16.2. The number of nitrogens with zero attached hydrogens (tertiary/aromatic N) is 2. The van der Waals surface area contributed by atoms with E-state index in [4.69, 9.17) is 4.74 Å². The lowest BCUT2D eigenvalue weighted by Gasteiger charge is -2.31. The molecule has 4 heteroatoms. The molecule has 0 aliphatic heterocycles. The highest BCUT2D eigenvalue weighted by atomic mass is 32.2. The van der Waals surface area contributed by atoms with Crippen LogP contribution in [0.2, 0.25) is 0 Å². The maximum absolute atomic E-state index is 5.70. The molecule has 1 aromatic heterocycles. The molecule has 0 spiro atoms. The number of aromatic nitrogens is 2. The highest BCUT2D eigenvalue weighted by Gasteiger charge is 2.31. The smallest absolute Gasteiger partial charge is 0.190 e. The van der Waals surface area contributed by atoms with Gasteiger partial charge in [-0.3, -0.25) is 0 Å². The van der Waals surface area contributed by atoms with Gasteiger partial charge in [-0.1, -0.05) is 31.7 Å². The summed E-state index contributed by atoms with van der Waals surface area (Å²) in [6, 6.07) is 1.82. The zero-order chi connectivity index (χ0) is 12.7. The first-order chi connectivity index (χ1) is 8.15. The molecule has 1 aromatic rings. The van der Waals surface area contributed by atoms with Gasteiger partial charge in [-0.25, -0.2) is 9.97 Å². The molecule has 0 N–H and O–H groups in total. The molecule has 0 aromatic carbocycles. The number of thioether (sulfide) groups is 1. The van der Waals surface area contributed by atoms with Crippen LogP contribution in [0.1, 0.15) is 26.7 Å². The number of hydrogen-bond donors (Lipinski definition) is 0. The van der Waals surface area contributed by atoms with E-state index < -0.39 is 0 Å². The van der Waals surface area contributed by atoms with Crippen LogP contribution in [0.5, 0.6) is 0 Å². The van der Waals surface area contributed by atoms with Crippen molar-refractivity contribution < 1.29 is 4.74 Å². The Morgan fingerprint density at radius 2 is 2.18 bits per heavy atom. The fourth-order valence-corrected chi connectivity index (χ4v) is 2.74. The lowest BCUT2D eigenvalue weighted by atomic mass is 10.0. The first-order valence-electron chi connectivity index (χ1n) is 5.79. The predicted octanol–water partition coefficient (Wildman–Crippen LogP) is 3.53. The van der Waals surface area contributed by atoms with Gasteiger partial charge in [0.05, 0.1) is 0 Å². The second kappa shape index (κ2) is 6.77. The van der Waals surface area contributed by atoms with Gasteiger partial charge < -0.3 is 4.74 Å². The van der Waals surface area contributed by atoms with Gasteiger partial charge in [0.2, 0.25) is 0 Å². The molecule has 17 heavy (non-hydrogen) atoms. The van der Waals surface area contributed by atoms with E-state index in [2.05, 4.69) is 30.4 Å². The van der Waals surface area contributed by atoms with Crippen LogP contribution >= 0.6 is 11.8 Å². The number of hydrogen-bond acceptors (Lipinski definition) is 4. The highest BCUT2D eigenvalue weighted by molar-refractivity contribution is 8.00. The Balaban J connectivity index is 2.80. The molecule has 3 nitrogen and oxygen atoms in total. The van der Waals surface area contributed by atoms with Crippen LogP contribution in [0.15, 0.2) is 36.3 Å². The summed E-state index contributed by atoms with van der Waals surface area (Å²) >= 11 is 1.59. The summed E-state index contributed by atoms with van der Waals surface area (Å²) in [5.41, 5.74) is 0. The predicted molar refractivity (Wildman–Crippen MR) is 71.9 cm³/mol. The van der Waals surface area contributed by atoms with E-state index in [9.17, 15) is 0 Å². The fraction of sp³-hybridized carbons (Fsp3) is 0.538. The van der Waals surface area contributed by atoms with Gasteiger partial charge in [-0.15, -0.1) is 6.58 Å². The van der Waals surface area contributed by atoms with Crippen LogP contribution in [0.25, 0.3) is 0 Å². The molecule has 0 bridgehead atoms. The summed E-state index contributed by atoms with van der Waals surface area (Å²) in [5, 5.41) is 0.757. The largest absolute Gasteiger partial charge is 0.367 e. The van der Waals surface area contributed by atoms with Gasteiger partial charge in [0, 0.05) is 19.5 Å². The molecular weight excluding hydrogens is 232 g/mol. The second-order valence-corrected chi connectivity index (χ2v) is 5.33. The van der Waals surface area contributed by atoms with Crippen molar-refractivity contribution in [1.29, 1.82) is 0 Å². The van der Waals surface area contributed by atoms with E-state index in [0.717, 1.165) is 18.0 Å². The molecule has 0 unspecified atom stereocenters. The molecule has 1 heterocycles. The molecule has 0 aliphatic rings. The summed E-state index contributed by atoms with van der Waals surface area (Å²) in [6.45, 7) is 8.09. The van der Waals surface area contributed by atoms with Crippen LogP contribution in [-0.4, -0.2) is 22.0 Å². The Bertz CT molecular complexity index is 339. The van der Waals surface area contributed by atoms with Crippen molar-refractivity contribution in [2.24, 2.45) is 5.92 Å².